The number of halogens is 1. The number of nitrogens with zero attached hydrogens (tertiary/aromatic N) is 1. The van der Waals surface area contributed by atoms with Crippen LogP contribution in [0.2, 0.25) is 0 Å². The molecule has 0 fully saturated rings. The van der Waals surface area contributed by atoms with Crippen LogP contribution >= 0.6 is 19.0 Å². The summed E-state index contributed by atoms with van der Waals surface area (Å²) in [5.74, 6) is 1.54. The summed E-state index contributed by atoms with van der Waals surface area (Å²) in [6, 6.07) is 42.7. The number of rotatable bonds is 8. The Morgan fingerprint density at radius 1 is 0.667 bits per heavy atom. The minimum absolute atomic E-state index is 0. The van der Waals surface area contributed by atoms with Crippen LogP contribution in [0.5, 0.6) is 0 Å². The van der Waals surface area contributed by atoms with Crippen molar-refractivity contribution < 1.29 is 28.4 Å². The standard InChI is InChI=1S/C31H27NOPS.HI/c1-2-35-31-30(32-29(33-31)24-23-25-15-7-3-8-16-25)34(26-17-9-4-10-18-26,27-19-11-5-12-20-27)28-21-13-6-14-22-28;/h3-24H,2H2,1H3;1H/q+1;/p-1. The normalized spacial score (nSPS) is 11.4. The Morgan fingerprint density at radius 2 is 1.11 bits per heavy atom. The van der Waals surface area contributed by atoms with Gasteiger partial charge < -0.3 is 28.4 Å². The molecule has 1 heterocycles. The van der Waals surface area contributed by atoms with Gasteiger partial charge >= 0.3 is 0 Å². The number of hydrogen-bond donors (Lipinski definition) is 0. The second-order valence-corrected chi connectivity index (χ2v) is 12.6. The number of hydrogen-bond acceptors (Lipinski definition) is 3. The van der Waals surface area contributed by atoms with Gasteiger partial charge in [0.15, 0.2) is 7.26 Å². The van der Waals surface area contributed by atoms with Gasteiger partial charge in [-0.2, -0.15) is 4.98 Å². The molecule has 5 aromatic rings. The van der Waals surface area contributed by atoms with Crippen LogP contribution < -0.4 is 45.3 Å². The molecular weight excluding hydrogens is 592 g/mol. The first-order valence-electron chi connectivity index (χ1n) is 11.8. The minimum atomic E-state index is -2.31. The van der Waals surface area contributed by atoms with E-state index in [0.29, 0.717) is 5.89 Å². The van der Waals surface area contributed by atoms with E-state index in [0.717, 1.165) is 21.8 Å². The summed E-state index contributed by atoms with van der Waals surface area (Å²) in [5.41, 5.74) is 2.15. The van der Waals surface area contributed by atoms with Crippen LogP contribution in [0.15, 0.2) is 131 Å². The molecule has 0 aliphatic rings. The predicted molar refractivity (Wildman–Crippen MR) is 153 cm³/mol. The predicted octanol–water partition coefficient (Wildman–Crippen LogP) is 3.58. The zero-order chi connectivity index (χ0) is 23.9. The average Bonchev–Trinajstić information content (AvgIpc) is 3.33. The Hall–Kier alpha value is -2.66. The van der Waals surface area contributed by atoms with Gasteiger partial charge in [-0.25, -0.2) is 0 Å². The lowest BCUT2D eigenvalue weighted by atomic mass is 10.2. The Labute approximate surface area is 235 Å². The van der Waals surface area contributed by atoms with Crippen LogP contribution in [0.25, 0.3) is 12.2 Å². The van der Waals surface area contributed by atoms with Gasteiger partial charge in [-0.1, -0.05) is 104 Å². The molecule has 0 bridgehead atoms. The molecule has 0 radical (unpaired) electrons. The topological polar surface area (TPSA) is 26.0 Å². The minimum Gasteiger partial charge on any atom is -1.00 e. The monoisotopic (exact) mass is 619 g/mol. The highest BCUT2D eigenvalue weighted by molar-refractivity contribution is 8.04. The van der Waals surface area contributed by atoms with Crippen molar-refractivity contribution in [1.82, 2.24) is 4.98 Å². The van der Waals surface area contributed by atoms with Crippen molar-refractivity contribution in [2.45, 2.75) is 12.0 Å². The van der Waals surface area contributed by atoms with Gasteiger partial charge in [-0.05, 0) is 53.8 Å². The summed E-state index contributed by atoms with van der Waals surface area (Å²) < 4.78 is 6.44. The van der Waals surface area contributed by atoms with Crippen LogP contribution in [0.1, 0.15) is 18.4 Å². The van der Waals surface area contributed by atoms with Crippen molar-refractivity contribution in [3.05, 3.63) is 133 Å². The van der Waals surface area contributed by atoms with E-state index in [1.807, 2.05) is 24.3 Å². The number of benzene rings is 4. The maximum absolute atomic E-state index is 6.44. The van der Waals surface area contributed by atoms with Crippen LogP contribution in [0.4, 0.5) is 0 Å². The fraction of sp³-hybridized carbons (Fsp3) is 0.0645. The van der Waals surface area contributed by atoms with E-state index in [2.05, 4.69) is 116 Å². The third kappa shape index (κ3) is 5.36. The molecule has 0 aliphatic heterocycles. The SMILES string of the molecule is CCSc1oc(C=Cc2ccccc2)nc1[P+](c1ccccc1)(c1ccccc1)c1ccccc1.[I-]. The van der Waals surface area contributed by atoms with E-state index in [1.54, 1.807) is 11.8 Å². The maximum Gasteiger partial charge on any atom is 0.251 e. The maximum atomic E-state index is 6.44. The third-order valence-corrected chi connectivity index (χ3v) is 11.0. The third-order valence-electron chi connectivity index (χ3n) is 5.84. The summed E-state index contributed by atoms with van der Waals surface area (Å²) in [6.45, 7) is 2.16. The molecule has 0 spiro atoms. The molecule has 2 nitrogen and oxygen atoms in total. The van der Waals surface area contributed by atoms with Gasteiger partial charge in [-0.15, -0.1) is 0 Å². The van der Waals surface area contributed by atoms with E-state index < -0.39 is 7.26 Å². The highest BCUT2D eigenvalue weighted by Gasteiger charge is 2.52. The van der Waals surface area contributed by atoms with E-state index in [4.69, 9.17) is 9.40 Å². The highest BCUT2D eigenvalue weighted by atomic mass is 127. The summed E-state index contributed by atoms with van der Waals surface area (Å²) in [4.78, 5) is 5.22. The van der Waals surface area contributed by atoms with Crippen LogP contribution in [-0.2, 0) is 0 Å². The van der Waals surface area contributed by atoms with Crippen molar-refractivity contribution in [3.63, 3.8) is 0 Å². The molecule has 180 valence electrons. The summed E-state index contributed by atoms with van der Waals surface area (Å²) >= 11 is 1.72. The summed E-state index contributed by atoms with van der Waals surface area (Å²) in [7, 11) is -2.31. The van der Waals surface area contributed by atoms with Crippen molar-refractivity contribution >= 4 is 52.5 Å². The molecule has 5 rings (SSSR count). The van der Waals surface area contributed by atoms with Gasteiger partial charge in [0.25, 0.3) is 5.44 Å². The van der Waals surface area contributed by atoms with Crippen molar-refractivity contribution in [3.8, 4) is 0 Å². The lowest BCUT2D eigenvalue weighted by Crippen LogP contribution is -3.00. The summed E-state index contributed by atoms with van der Waals surface area (Å²) in [5, 5.41) is 4.69. The molecule has 0 atom stereocenters. The molecule has 0 saturated carbocycles. The van der Waals surface area contributed by atoms with Gasteiger partial charge in [-0.3, -0.25) is 0 Å². The zero-order valence-corrected chi connectivity index (χ0v) is 23.9. The van der Waals surface area contributed by atoms with E-state index in [9.17, 15) is 0 Å². The quantitative estimate of drug-likeness (QED) is 0.151. The second kappa shape index (κ2) is 12.5. The molecule has 0 aliphatic carbocycles. The molecule has 0 unspecified atom stereocenters. The van der Waals surface area contributed by atoms with Crippen LogP contribution in [0, 0.1) is 0 Å². The molecule has 0 N–H and O–H groups in total. The van der Waals surface area contributed by atoms with Crippen LogP contribution in [0.3, 0.4) is 0 Å². The van der Waals surface area contributed by atoms with E-state index in [-0.39, 0.29) is 24.0 Å². The molecule has 4 aromatic carbocycles. The van der Waals surface area contributed by atoms with E-state index >= 15 is 0 Å². The lowest BCUT2D eigenvalue weighted by Gasteiger charge is -2.25. The Kier molecular flexibility index (Phi) is 9.19. The molecule has 36 heavy (non-hydrogen) atoms. The first kappa shape index (κ1) is 26.4. The molecule has 1 aromatic heterocycles. The highest BCUT2D eigenvalue weighted by Crippen LogP contribution is 2.55. The van der Waals surface area contributed by atoms with Crippen LogP contribution in [-0.4, -0.2) is 10.7 Å². The zero-order valence-electron chi connectivity index (χ0n) is 20.0. The van der Waals surface area contributed by atoms with E-state index in [1.165, 1.54) is 15.9 Å². The van der Waals surface area contributed by atoms with Crippen molar-refractivity contribution in [2.24, 2.45) is 0 Å². The number of thioether (sulfide) groups is 1. The molecule has 0 saturated heterocycles. The average molecular weight is 620 g/mol. The fourth-order valence-corrected chi connectivity index (χ4v) is 9.56. The Morgan fingerprint density at radius 3 is 1.56 bits per heavy atom. The van der Waals surface area contributed by atoms with Crippen molar-refractivity contribution in [2.75, 3.05) is 5.75 Å². The smallest absolute Gasteiger partial charge is 0.251 e. The Bertz CT molecular complexity index is 1290. The Balaban J connectivity index is 0.00000304. The number of aromatic nitrogens is 1. The lowest BCUT2D eigenvalue weighted by molar-refractivity contribution is -0.00000721. The van der Waals surface area contributed by atoms with Crippen molar-refractivity contribution in [1.29, 1.82) is 0 Å². The van der Waals surface area contributed by atoms with Gasteiger partial charge in [0, 0.05) is 6.08 Å². The first-order valence-corrected chi connectivity index (χ1v) is 14.5. The van der Waals surface area contributed by atoms with Gasteiger partial charge in [0.1, 0.15) is 15.9 Å². The molecule has 5 heteroatoms. The first-order chi connectivity index (χ1) is 17.3. The van der Waals surface area contributed by atoms with Gasteiger partial charge in [0.2, 0.25) is 11.0 Å². The summed E-state index contributed by atoms with van der Waals surface area (Å²) in [6.07, 6.45) is 4.04. The van der Waals surface area contributed by atoms with Gasteiger partial charge in [0.05, 0.1) is 0 Å². The number of oxazole rings is 1. The largest absolute Gasteiger partial charge is 1.00 e. The molecular formula is C31H27INOPS. The second-order valence-electron chi connectivity index (χ2n) is 8.02. The fourth-order valence-electron chi connectivity index (χ4n) is 4.32. The molecule has 0 amide bonds.